The molecule has 0 unspecified atom stereocenters. The highest BCUT2D eigenvalue weighted by molar-refractivity contribution is 9.10. The molecule has 0 spiro atoms. The summed E-state index contributed by atoms with van der Waals surface area (Å²) in [5.74, 6) is 1.73. The van der Waals surface area contributed by atoms with Crippen LogP contribution in [0.25, 0.3) is 0 Å². The Hall–Kier alpha value is -0.200. The Labute approximate surface area is 159 Å². The summed E-state index contributed by atoms with van der Waals surface area (Å²) in [6.45, 7) is 6.95. The largest absolute Gasteiger partial charge is 0.454 e. The van der Waals surface area contributed by atoms with Crippen LogP contribution >= 0.6 is 40.7 Å². The molecule has 2 aliphatic heterocycles. The van der Waals surface area contributed by atoms with Crippen LogP contribution in [-0.2, 0) is 0 Å². The van der Waals surface area contributed by atoms with Gasteiger partial charge in [0.15, 0.2) is 11.5 Å². The van der Waals surface area contributed by atoms with Gasteiger partial charge in [-0.15, -0.1) is 24.8 Å². The van der Waals surface area contributed by atoms with Gasteiger partial charge in [-0.25, -0.2) is 0 Å². The molecule has 1 N–H and O–H groups in total. The molecule has 1 aromatic rings. The fourth-order valence-corrected chi connectivity index (χ4v) is 3.70. The van der Waals surface area contributed by atoms with E-state index in [2.05, 4.69) is 45.2 Å². The van der Waals surface area contributed by atoms with Crippen LogP contribution in [-0.4, -0.2) is 37.9 Å². The van der Waals surface area contributed by atoms with Crippen molar-refractivity contribution in [3.05, 3.63) is 22.2 Å². The number of nitrogens with one attached hydrogen (secondary N) is 1. The summed E-state index contributed by atoms with van der Waals surface area (Å²) in [6, 6.07) is 4.67. The first-order chi connectivity index (χ1) is 10.3. The van der Waals surface area contributed by atoms with Gasteiger partial charge in [0.25, 0.3) is 0 Å². The van der Waals surface area contributed by atoms with E-state index in [1.807, 2.05) is 0 Å². The average Bonchev–Trinajstić information content (AvgIpc) is 2.96. The maximum absolute atomic E-state index is 5.56. The number of unbranched alkanes of at least 4 members (excludes halogenated alkanes) is 1. The van der Waals surface area contributed by atoms with Crippen molar-refractivity contribution in [1.29, 1.82) is 0 Å². The van der Waals surface area contributed by atoms with E-state index in [4.69, 9.17) is 9.47 Å². The third-order valence-electron chi connectivity index (χ3n) is 4.27. The first kappa shape index (κ1) is 20.8. The quantitative estimate of drug-likeness (QED) is 0.764. The highest BCUT2D eigenvalue weighted by atomic mass is 79.9. The van der Waals surface area contributed by atoms with Gasteiger partial charge < -0.3 is 14.8 Å². The predicted molar refractivity (Wildman–Crippen MR) is 101 cm³/mol. The molecule has 2 aliphatic rings. The Morgan fingerprint density at radius 1 is 1.17 bits per heavy atom. The number of halogens is 3. The van der Waals surface area contributed by atoms with Crippen molar-refractivity contribution in [2.75, 3.05) is 33.0 Å². The molecule has 0 saturated carbocycles. The van der Waals surface area contributed by atoms with Gasteiger partial charge >= 0.3 is 0 Å². The van der Waals surface area contributed by atoms with Crippen LogP contribution in [0, 0.1) is 0 Å². The number of hydrogen-bond acceptors (Lipinski definition) is 4. The molecule has 0 radical (unpaired) electrons. The number of hydrogen-bond donors (Lipinski definition) is 1. The van der Waals surface area contributed by atoms with E-state index in [0.717, 1.165) is 42.2 Å². The first-order valence-corrected chi connectivity index (χ1v) is 8.62. The Kier molecular flexibility index (Phi) is 9.01. The summed E-state index contributed by atoms with van der Waals surface area (Å²) in [7, 11) is 0. The minimum absolute atomic E-state index is 0. The van der Waals surface area contributed by atoms with Crippen molar-refractivity contribution < 1.29 is 9.47 Å². The third kappa shape index (κ3) is 4.89. The van der Waals surface area contributed by atoms with Gasteiger partial charge in [-0.2, -0.15) is 0 Å². The van der Waals surface area contributed by atoms with Gasteiger partial charge in [0.2, 0.25) is 6.79 Å². The maximum Gasteiger partial charge on any atom is 0.231 e. The molecule has 2 heterocycles. The molecule has 1 fully saturated rings. The topological polar surface area (TPSA) is 33.7 Å². The molecule has 1 aromatic carbocycles. The molecule has 1 atom stereocenters. The van der Waals surface area contributed by atoms with Crippen LogP contribution in [0.5, 0.6) is 11.5 Å². The van der Waals surface area contributed by atoms with Crippen molar-refractivity contribution in [1.82, 2.24) is 10.2 Å². The molecule has 1 saturated heterocycles. The van der Waals surface area contributed by atoms with Crippen LogP contribution in [0.1, 0.15) is 37.8 Å². The minimum Gasteiger partial charge on any atom is -0.454 e. The van der Waals surface area contributed by atoms with Crippen LogP contribution in [0.15, 0.2) is 16.6 Å². The molecule has 7 heteroatoms. The van der Waals surface area contributed by atoms with Crippen molar-refractivity contribution in [3.8, 4) is 11.5 Å². The lowest BCUT2D eigenvalue weighted by Crippen LogP contribution is -2.45. The van der Waals surface area contributed by atoms with Gasteiger partial charge in [-0.1, -0.05) is 35.7 Å². The zero-order valence-corrected chi connectivity index (χ0v) is 16.6. The van der Waals surface area contributed by atoms with Gasteiger partial charge in [0, 0.05) is 36.7 Å². The van der Waals surface area contributed by atoms with Crippen molar-refractivity contribution in [3.63, 3.8) is 0 Å². The molecule has 3 rings (SSSR count). The van der Waals surface area contributed by atoms with Gasteiger partial charge in [-0.3, -0.25) is 4.90 Å². The Morgan fingerprint density at radius 3 is 2.48 bits per heavy atom. The van der Waals surface area contributed by atoms with Gasteiger partial charge in [-0.05, 0) is 24.1 Å². The number of fused-ring (bicyclic) bond motifs is 1. The van der Waals surface area contributed by atoms with E-state index >= 15 is 0 Å². The fourth-order valence-electron chi connectivity index (χ4n) is 3.11. The highest BCUT2D eigenvalue weighted by Gasteiger charge is 2.26. The van der Waals surface area contributed by atoms with Gasteiger partial charge in [0.05, 0.1) is 0 Å². The minimum atomic E-state index is 0. The predicted octanol–water partition coefficient (Wildman–Crippen LogP) is 4.16. The second kappa shape index (κ2) is 9.94. The SMILES string of the molecule is CCCC[C@@H](c1cc2c(cc1Br)OCO2)N1CCNCC1.Cl.Cl. The zero-order valence-electron chi connectivity index (χ0n) is 13.3. The van der Waals surface area contributed by atoms with E-state index in [0.29, 0.717) is 12.8 Å². The molecule has 4 nitrogen and oxygen atoms in total. The lowest BCUT2D eigenvalue weighted by molar-refractivity contribution is 0.162. The summed E-state index contributed by atoms with van der Waals surface area (Å²) in [6.07, 6.45) is 3.66. The van der Waals surface area contributed by atoms with Crippen LogP contribution in [0.4, 0.5) is 0 Å². The zero-order chi connectivity index (χ0) is 14.7. The van der Waals surface area contributed by atoms with Crippen molar-refractivity contribution >= 4 is 40.7 Å². The third-order valence-corrected chi connectivity index (χ3v) is 4.96. The summed E-state index contributed by atoms with van der Waals surface area (Å²) >= 11 is 3.73. The Balaban J connectivity index is 0.00000132. The number of piperazine rings is 1. The summed E-state index contributed by atoms with van der Waals surface area (Å²) in [4.78, 5) is 2.59. The number of ether oxygens (including phenoxy) is 2. The summed E-state index contributed by atoms with van der Waals surface area (Å²) in [5.41, 5.74) is 1.33. The fraction of sp³-hybridized carbons (Fsp3) is 0.625. The monoisotopic (exact) mass is 426 g/mol. The van der Waals surface area contributed by atoms with E-state index < -0.39 is 0 Å². The standard InChI is InChI=1S/C16H23BrN2O2.2ClH/c1-2-3-4-14(19-7-5-18-6-8-19)12-9-15-16(10-13(12)17)21-11-20-15;;/h9-10,14,18H,2-8,11H2,1H3;2*1H/t14-;;/m0../s1. The molecular formula is C16H25BrCl2N2O2. The second-order valence-corrected chi connectivity index (χ2v) is 6.53. The molecule has 0 aliphatic carbocycles. The van der Waals surface area contributed by atoms with E-state index in [9.17, 15) is 0 Å². The van der Waals surface area contributed by atoms with Crippen LogP contribution in [0.2, 0.25) is 0 Å². The normalized spacial score (nSPS) is 18.0. The Bertz CT molecular complexity index is 499. The molecule has 132 valence electrons. The highest BCUT2D eigenvalue weighted by Crippen LogP contribution is 2.41. The summed E-state index contributed by atoms with van der Waals surface area (Å²) < 4.78 is 12.2. The van der Waals surface area contributed by atoms with Crippen LogP contribution in [0.3, 0.4) is 0 Å². The molecule has 0 aromatic heterocycles. The number of nitrogens with zero attached hydrogens (tertiary/aromatic N) is 1. The molecular weight excluding hydrogens is 403 g/mol. The average molecular weight is 428 g/mol. The Morgan fingerprint density at radius 2 is 1.83 bits per heavy atom. The van der Waals surface area contributed by atoms with Gasteiger partial charge in [0.1, 0.15) is 0 Å². The molecule has 23 heavy (non-hydrogen) atoms. The van der Waals surface area contributed by atoms with Crippen LogP contribution < -0.4 is 14.8 Å². The van der Waals surface area contributed by atoms with Crippen molar-refractivity contribution in [2.45, 2.75) is 32.2 Å². The maximum atomic E-state index is 5.56. The number of benzene rings is 1. The first-order valence-electron chi connectivity index (χ1n) is 7.83. The smallest absolute Gasteiger partial charge is 0.231 e. The van der Waals surface area contributed by atoms with E-state index in [1.54, 1.807) is 0 Å². The molecule has 0 amide bonds. The van der Waals surface area contributed by atoms with E-state index in [1.165, 1.54) is 24.8 Å². The van der Waals surface area contributed by atoms with E-state index in [-0.39, 0.29) is 24.8 Å². The number of rotatable bonds is 5. The molecule has 0 bridgehead atoms. The second-order valence-electron chi connectivity index (χ2n) is 5.67. The van der Waals surface area contributed by atoms with Crippen molar-refractivity contribution in [2.24, 2.45) is 0 Å². The lowest BCUT2D eigenvalue weighted by Gasteiger charge is -2.36. The lowest BCUT2D eigenvalue weighted by atomic mass is 9.98. The summed E-state index contributed by atoms with van der Waals surface area (Å²) in [5, 5.41) is 3.44.